The van der Waals surface area contributed by atoms with Crippen LogP contribution in [0.5, 0.6) is 0 Å². The highest BCUT2D eigenvalue weighted by atomic mass is 15.2. The third-order valence-electron chi connectivity index (χ3n) is 13.0. The number of hydrogen-bond acceptors (Lipinski definition) is 3. The Labute approximate surface area is 367 Å². The summed E-state index contributed by atoms with van der Waals surface area (Å²) in [5.41, 5.74) is 18.1. The number of hydrogen-bond donors (Lipinski definition) is 0. The molecule has 2 heterocycles. The zero-order chi connectivity index (χ0) is 42.1. The summed E-state index contributed by atoms with van der Waals surface area (Å²) in [7, 11) is 0. The van der Waals surface area contributed by atoms with Crippen LogP contribution in [0.4, 0.5) is 17.1 Å². The van der Waals surface area contributed by atoms with Crippen molar-refractivity contribution >= 4 is 49.8 Å². The van der Waals surface area contributed by atoms with Crippen molar-refractivity contribution in [1.82, 2.24) is 14.5 Å². The molecule has 0 amide bonds. The molecule has 0 unspecified atom stereocenters. The quantitative estimate of drug-likeness (QED) is 0.161. The van der Waals surface area contributed by atoms with Crippen LogP contribution in [0.3, 0.4) is 0 Å². The van der Waals surface area contributed by atoms with E-state index in [9.17, 15) is 0 Å². The third kappa shape index (κ3) is 5.90. The van der Waals surface area contributed by atoms with Crippen LogP contribution in [-0.2, 0) is 5.41 Å². The smallest absolute Gasteiger partial charge is 0.235 e. The van der Waals surface area contributed by atoms with E-state index in [1.54, 1.807) is 0 Å². The topological polar surface area (TPSA) is 34.0 Å². The highest BCUT2D eigenvalue weighted by Crippen LogP contribution is 2.55. The molecule has 0 saturated heterocycles. The van der Waals surface area contributed by atoms with Gasteiger partial charge in [0.2, 0.25) is 5.95 Å². The van der Waals surface area contributed by atoms with Crippen molar-refractivity contribution in [3.8, 4) is 50.6 Å². The number of anilines is 3. The van der Waals surface area contributed by atoms with Crippen molar-refractivity contribution < 1.29 is 0 Å². The molecule has 11 aromatic rings. The standard InChI is InChI=1S/C59H42N4/c1-59(2)49-26-13-9-24-46(49)56-50(59)27-17-31-55(56)62(52-29-15-11-22-44(52)40-20-7-4-8-21-40)43-35-32-41(33-36-43)57-47-25-10-14-28-51(47)60-58(61-57)63-53-30-16-12-23-45(53)48-38-42(34-37-54(48)63)39-18-5-3-6-19-39/h3-38H,1-2H3. The van der Waals surface area contributed by atoms with Crippen LogP contribution in [0.25, 0.3) is 83.3 Å². The molecule has 2 aromatic heterocycles. The number of nitrogens with zero attached hydrogens (tertiary/aromatic N) is 4. The zero-order valence-electron chi connectivity index (χ0n) is 35.1. The van der Waals surface area contributed by atoms with Gasteiger partial charge in [-0.15, -0.1) is 0 Å². The predicted octanol–water partition coefficient (Wildman–Crippen LogP) is 15.5. The molecule has 0 saturated carbocycles. The Hall–Kier alpha value is -8.08. The van der Waals surface area contributed by atoms with Gasteiger partial charge in [0.1, 0.15) is 0 Å². The maximum Gasteiger partial charge on any atom is 0.235 e. The average Bonchev–Trinajstić information content (AvgIpc) is 3.80. The largest absolute Gasteiger partial charge is 0.309 e. The molecule has 0 atom stereocenters. The van der Waals surface area contributed by atoms with Gasteiger partial charge < -0.3 is 4.90 Å². The fraction of sp³-hybridized carbons (Fsp3) is 0.0508. The summed E-state index contributed by atoms with van der Waals surface area (Å²) in [4.78, 5) is 13.2. The highest BCUT2D eigenvalue weighted by Gasteiger charge is 2.38. The number of rotatable bonds is 7. The van der Waals surface area contributed by atoms with Gasteiger partial charge in [0.15, 0.2) is 0 Å². The van der Waals surface area contributed by atoms with Crippen molar-refractivity contribution in [2.45, 2.75) is 19.3 Å². The Morgan fingerprint density at radius 3 is 1.83 bits per heavy atom. The van der Waals surface area contributed by atoms with E-state index >= 15 is 0 Å². The SMILES string of the molecule is CC1(C)c2ccccc2-c2c(N(c3ccc(-c4nc(-n5c6ccccc6c6cc(-c7ccccc7)ccc65)nc5ccccc45)cc3)c3ccccc3-c3ccccc3)cccc21. The highest BCUT2D eigenvalue weighted by molar-refractivity contribution is 6.10. The van der Waals surface area contributed by atoms with Crippen molar-refractivity contribution in [3.05, 3.63) is 230 Å². The molecule has 1 aliphatic carbocycles. The number of aromatic nitrogens is 3. The van der Waals surface area contributed by atoms with E-state index in [-0.39, 0.29) is 5.41 Å². The molecule has 298 valence electrons. The minimum absolute atomic E-state index is 0.136. The zero-order valence-corrected chi connectivity index (χ0v) is 35.1. The molecule has 0 N–H and O–H groups in total. The Bertz CT molecular complexity index is 3530. The van der Waals surface area contributed by atoms with Gasteiger partial charge in [-0.2, -0.15) is 0 Å². The number of benzene rings is 9. The maximum absolute atomic E-state index is 5.47. The molecule has 0 radical (unpaired) electrons. The second-order valence-corrected chi connectivity index (χ2v) is 17.0. The van der Waals surface area contributed by atoms with Crippen LogP contribution >= 0.6 is 0 Å². The summed E-state index contributed by atoms with van der Waals surface area (Å²) in [6, 6.07) is 78.4. The fourth-order valence-corrected chi connectivity index (χ4v) is 10.0. The molecule has 1 aliphatic rings. The third-order valence-corrected chi connectivity index (χ3v) is 13.0. The van der Waals surface area contributed by atoms with Crippen LogP contribution in [0.2, 0.25) is 0 Å². The van der Waals surface area contributed by atoms with Crippen molar-refractivity contribution in [3.63, 3.8) is 0 Å². The lowest BCUT2D eigenvalue weighted by Crippen LogP contribution is -2.16. The monoisotopic (exact) mass is 806 g/mol. The van der Waals surface area contributed by atoms with Crippen LogP contribution < -0.4 is 4.90 Å². The van der Waals surface area contributed by atoms with Crippen LogP contribution in [0.15, 0.2) is 218 Å². The minimum atomic E-state index is -0.136. The molecule has 63 heavy (non-hydrogen) atoms. The summed E-state index contributed by atoms with van der Waals surface area (Å²) in [6.45, 7) is 4.69. The Morgan fingerprint density at radius 2 is 1.02 bits per heavy atom. The summed E-state index contributed by atoms with van der Waals surface area (Å²) in [5.74, 6) is 0.644. The van der Waals surface area contributed by atoms with Crippen molar-refractivity contribution in [2.75, 3.05) is 4.90 Å². The lowest BCUT2D eigenvalue weighted by molar-refractivity contribution is 0.660. The van der Waals surface area contributed by atoms with E-state index in [1.807, 2.05) is 0 Å². The van der Waals surface area contributed by atoms with Gasteiger partial charge in [-0.1, -0.05) is 184 Å². The van der Waals surface area contributed by atoms with E-state index in [0.29, 0.717) is 5.95 Å². The summed E-state index contributed by atoms with van der Waals surface area (Å²) < 4.78 is 2.22. The lowest BCUT2D eigenvalue weighted by atomic mass is 9.82. The normalized spacial score (nSPS) is 12.7. The minimum Gasteiger partial charge on any atom is -0.309 e. The van der Waals surface area contributed by atoms with Gasteiger partial charge in [-0.05, 0) is 81.9 Å². The first-order valence-electron chi connectivity index (χ1n) is 21.7. The van der Waals surface area contributed by atoms with Gasteiger partial charge in [-0.25, -0.2) is 9.97 Å². The summed E-state index contributed by atoms with van der Waals surface area (Å²) in [6.07, 6.45) is 0. The van der Waals surface area contributed by atoms with E-state index in [2.05, 4.69) is 242 Å². The Morgan fingerprint density at radius 1 is 0.413 bits per heavy atom. The Balaban J connectivity index is 1.04. The van der Waals surface area contributed by atoms with Gasteiger partial charge in [0.25, 0.3) is 0 Å². The molecule has 0 bridgehead atoms. The average molecular weight is 807 g/mol. The molecule has 0 aliphatic heterocycles. The van der Waals surface area contributed by atoms with Crippen molar-refractivity contribution in [1.29, 1.82) is 0 Å². The van der Waals surface area contributed by atoms with Gasteiger partial charge in [0.05, 0.1) is 33.6 Å². The van der Waals surface area contributed by atoms with Crippen LogP contribution in [-0.4, -0.2) is 14.5 Å². The molecule has 0 spiro atoms. The maximum atomic E-state index is 5.47. The van der Waals surface area contributed by atoms with Crippen molar-refractivity contribution in [2.24, 2.45) is 0 Å². The molecule has 4 nitrogen and oxygen atoms in total. The van der Waals surface area contributed by atoms with E-state index in [4.69, 9.17) is 9.97 Å². The van der Waals surface area contributed by atoms with Gasteiger partial charge >= 0.3 is 0 Å². The molecular weight excluding hydrogens is 765 g/mol. The molecule has 4 heteroatoms. The Kier molecular flexibility index (Phi) is 8.48. The predicted molar refractivity (Wildman–Crippen MR) is 262 cm³/mol. The van der Waals surface area contributed by atoms with E-state index in [0.717, 1.165) is 50.3 Å². The molecule has 12 rings (SSSR count). The lowest BCUT2D eigenvalue weighted by Gasteiger charge is -2.30. The first kappa shape index (κ1) is 36.7. The molecule has 9 aromatic carbocycles. The van der Waals surface area contributed by atoms with E-state index in [1.165, 1.54) is 55.3 Å². The van der Waals surface area contributed by atoms with Crippen LogP contribution in [0.1, 0.15) is 25.0 Å². The van der Waals surface area contributed by atoms with Gasteiger partial charge in [0, 0.05) is 44.0 Å². The second-order valence-electron chi connectivity index (χ2n) is 17.0. The second kappa shape index (κ2) is 14.5. The number of para-hydroxylation sites is 3. The molecule has 0 fully saturated rings. The number of fused-ring (bicyclic) bond motifs is 7. The van der Waals surface area contributed by atoms with Crippen LogP contribution in [0, 0.1) is 0 Å². The molecular formula is C59H42N4. The van der Waals surface area contributed by atoms with E-state index < -0.39 is 0 Å². The fourth-order valence-electron chi connectivity index (χ4n) is 10.0. The first-order valence-corrected chi connectivity index (χ1v) is 21.7. The summed E-state index contributed by atoms with van der Waals surface area (Å²) in [5, 5.41) is 3.35. The first-order chi connectivity index (χ1) is 31.0. The summed E-state index contributed by atoms with van der Waals surface area (Å²) >= 11 is 0. The van der Waals surface area contributed by atoms with Gasteiger partial charge in [-0.3, -0.25) is 4.57 Å².